The maximum Gasteiger partial charge on any atom is 0.349 e. The van der Waals surface area contributed by atoms with Crippen molar-refractivity contribution >= 4 is 39.1 Å². The zero-order valence-corrected chi connectivity index (χ0v) is 14.6. The van der Waals surface area contributed by atoms with Crippen LogP contribution in [0, 0.1) is 6.92 Å². The van der Waals surface area contributed by atoms with E-state index >= 15 is 0 Å². The highest BCUT2D eigenvalue weighted by molar-refractivity contribution is 7.98. The molecule has 1 aromatic heterocycles. The third kappa shape index (κ3) is 3.36. The van der Waals surface area contributed by atoms with E-state index in [2.05, 4.69) is 4.74 Å². The van der Waals surface area contributed by atoms with E-state index in [1.54, 1.807) is 24.1 Å². The molecule has 1 unspecified atom stereocenters. The van der Waals surface area contributed by atoms with E-state index in [9.17, 15) is 13.2 Å². The van der Waals surface area contributed by atoms with Gasteiger partial charge in [0.15, 0.2) is 0 Å². The number of methoxy groups -OCH3 is 1. The predicted octanol–water partition coefficient (Wildman–Crippen LogP) is 2.22. The summed E-state index contributed by atoms with van der Waals surface area (Å²) in [7, 11) is -0.924. The normalized spacial score (nSPS) is 13.5. The summed E-state index contributed by atoms with van der Waals surface area (Å²) in [6.07, 6.45) is 1.92. The van der Waals surface area contributed by atoms with E-state index in [-0.39, 0.29) is 15.8 Å². The van der Waals surface area contributed by atoms with Crippen LogP contribution in [0.5, 0.6) is 0 Å². The average Bonchev–Trinajstić information content (AvgIpc) is 2.79. The van der Waals surface area contributed by atoms with Crippen LogP contribution in [-0.2, 0) is 14.8 Å². The van der Waals surface area contributed by atoms with Crippen molar-refractivity contribution in [2.24, 2.45) is 0 Å². The molecule has 1 rings (SSSR count). The predicted molar refractivity (Wildman–Crippen MR) is 83.2 cm³/mol. The first kappa shape index (κ1) is 17.5. The summed E-state index contributed by atoms with van der Waals surface area (Å²) in [5.41, 5.74) is 0.568. The van der Waals surface area contributed by atoms with Gasteiger partial charge in [-0.2, -0.15) is 16.1 Å². The van der Waals surface area contributed by atoms with Crippen LogP contribution in [0.4, 0.5) is 0 Å². The smallest absolute Gasteiger partial charge is 0.349 e. The van der Waals surface area contributed by atoms with Gasteiger partial charge in [-0.1, -0.05) is 0 Å². The average molecular weight is 337 g/mol. The number of ether oxygens (including phenoxy) is 1. The van der Waals surface area contributed by atoms with Crippen molar-refractivity contribution in [1.29, 1.82) is 0 Å². The quantitative estimate of drug-likeness (QED) is 0.745. The maximum absolute atomic E-state index is 12.7. The number of carbonyl (C=O) groups is 1. The third-order valence-electron chi connectivity index (χ3n) is 2.95. The zero-order valence-electron chi connectivity index (χ0n) is 12.2. The molecule has 0 fully saturated rings. The molecule has 5 nitrogen and oxygen atoms in total. The van der Waals surface area contributed by atoms with Crippen LogP contribution in [0.1, 0.15) is 22.2 Å². The molecule has 114 valence electrons. The van der Waals surface area contributed by atoms with E-state index in [1.807, 2.05) is 13.2 Å². The lowest BCUT2D eigenvalue weighted by Crippen LogP contribution is -2.37. The molecule has 0 aliphatic carbocycles. The molecule has 0 aliphatic heterocycles. The van der Waals surface area contributed by atoms with E-state index in [0.29, 0.717) is 11.3 Å². The van der Waals surface area contributed by atoms with Crippen LogP contribution < -0.4 is 0 Å². The van der Waals surface area contributed by atoms with Crippen LogP contribution in [0.2, 0.25) is 0 Å². The monoisotopic (exact) mass is 337 g/mol. The topological polar surface area (TPSA) is 63.7 Å². The van der Waals surface area contributed by atoms with Gasteiger partial charge in [-0.05, 0) is 31.0 Å². The Morgan fingerprint density at radius 3 is 2.65 bits per heavy atom. The van der Waals surface area contributed by atoms with Crippen molar-refractivity contribution in [2.75, 3.05) is 26.2 Å². The lowest BCUT2D eigenvalue weighted by atomic mass is 10.3. The number of carbonyl (C=O) groups excluding carboxylic acids is 1. The summed E-state index contributed by atoms with van der Waals surface area (Å²) in [4.78, 5) is 11.9. The molecule has 0 aliphatic rings. The van der Waals surface area contributed by atoms with Crippen molar-refractivity contribution in [3.63, 3.8) is 0 Å². The third-order valence-corrected chi connectivity index (χ3v) is 7.14. The van der Waals surface area contributed by atoms with Gasteiger partial charge < -0.3 is 4.74 Å². The molecule has 0 bridgehead atoms. The Hall–Kier alpha value is -0.570. The molecule has 0 saturated heterocycles. The molecular formula is C12H19NO4S3. The van der Waals surface area contributed by atoms with Crippen molar-refractivity contribution in [3.05, 3.63) is 15.8 Å². The number of hydrogen-bond donors (Lipinski definition) is 0. The second-order valence-corrected chi connectivity index (χ2v) is 8.12. The minimum Gasteiger partial charge on any atom is -0.465 e. The van der Waals surface area contributed by atoms with E-state index in [0.717, 1.165) is 11.3 Å². The Bertz CT molecular complexity index is 580. The Labute approximate surface area is 128 Å². The van der Waals surface area contributed by atoms with Crippen LogP contribution in [0.25, 0.3) is 0 Å². The van der Waals surface area contributed by atoms with Gasteiger partial charge in [-0.3, -0.25) is 0 Å². The lowest BCUT2D eigenvalue weighted by Gasteiger charge is -2.24. The van der Waals surface area contributed by atoms with Gasteiger partial charge in [0.1, 0.15) is 9.77 Å². The second kappa shape index (κ2) is 6.93. The highest BCUT2D eigenvalue weighted by atomic mass is 32.2. The van der Waals surface area contributed by atoms with Crippen LogP contribution >= 0.6 is 23.1 Å². The summed E-state index contributed by atoms with van der Waals surface area (Å²) in [5, 5.41) is 1.66. The standard InChI is InChI=1S/C12H19NO4S3/c1-8-6-19-10(12(14)17-4)11(8)20(15,16)13(3)9(2)7-18-5/h6,9H,7H2,1-5H3. The van der Waals surface area contributed by atoms with Crippen LogP contribution in [0.15, 0.2) is 10.3 Å². The number of thiophene rings is 1. The van der Waals surface area contributed by atoms with Gasteiger partial charge in [0.05, 0.1) is 7.11 Å². The molecule has 20 heavy (non-hydrogen) atoms. The molecule has 0 amide bonds. The Balaban J connectivity index is 3.29. The Morgan fingerprint density at radius 1 is 1.55 bits per heavy atom. The molecule has 8 heteroatoms. The molecule has 0 radical (unpaired) electrons. The number of aryl methyl sites for hydroxylation is 1. The number of rotatable bonds is 6. The zero-order chi connectivity index (χ0) is 15.5. The lowest BCUT2D eigenvalue weighted by molar-refractivity contribution is 0.0602. The molecule has 1 atom stereocenters. The Morgan fingerprint density at radius 2 is 2.15 bits per heavy atom. The first-order chi connectivity index (χ1) is 9.27. The summed E-state index contributed by atoms with van der Waals surface area (Å²) >= 11 is 2.67. The van der Waals surface area contributed by atoms with Gasteiger partial charge in [-0.15, -0.1) is 11.3 Å². The Kier molecular flexibility index (Phi) is 6.06. The fourth-order valence-corrected chi connectivity index (χ4v) is 5.53. The van der Waals surface area contributed by atoms with E-state index < -0.39 is 16.0 Å². The molecule has 1 aromatic rings. The van der Waals surface area contributed by atoms with E-state index in [4.69, 9.17) is 0 Å². The SMILES string of the molecule is COC(=O)c1scc(C)c1S(=O)(=O)N(C)C(C)CSC. The first-order valence-corrected chi connectivity index (χ1v) is 9.62. The number of esters is 1. The molecule has 0 saturated carbocycles. The van der Waals surface area contributed by atoms with Crippen LogP contribution in [-0.4, -0.2) is 50.9 Å². The molecular weight excluding hydrogens is 318 g/mol. The van der Waals surface area contributed by atoms with E-state index in [1.165, 1.54) is 18.5 Å². The first-order valence-electron chi connectivity index (χ1n) is 5.90. The van der Waals surface area contributed by atoms with Gasteiger partial charge >= 0.3 is 5.97 Å². The minimum absolute atomic E-state index is 0.0600. The summed E-state index contributed by atoms with van der Waals surface area (Å²) in [6, 6.07) is -0.153. The van der Waals surface area contributed by atoms with Crippen molar-refractivity contribution < 1.29 is 17.9 Å². The summed E-state index contributed by atoms with van der Waals surface area (Å²) in [5.74, 6) is 0.0690. The second-order valence-electron chi connectivity index (χ2n) is 4.39. The van der Waals surface area contributed by atoms with Gasteiger partial charge in [0, 0.05) is 18.8 Å². The fraction of sp³-hybridized carbons (Fsp3) is 0.583. The largest absolute Gasteiger partial charge is 0.465 e. The number of nitrogens with zero attached hydrogens (tertiary/aromatic N) is 1. The van der Waals surface area contributed by atoms with Gasteiger partial charge in [-0.25, -0.2) is 13.2 Å². The number of sulfonamides is 1. The number of thioether (sulfide) groups is 1. The van der Waals surface area contributed by atoms with Crippen molar-refractivity contribution in [3.8, 4) is 0 Å². The summed E-state index contributed by atoms with van der Waals surface area (Å²) in [6.45, 7) is 3.52. The van der Waals surface area contributed by atoms with Crippen LogP contribution in [0.3, 0.4) is 0 Å². The number of hydrogen-bond acceptors (Lipinski definition) is 6. The minimum atomic E-state index is -3.70. The summed E-state index contributed by atoms with van der Waals surface area (Å²) < 4.78 is 31.3. The van der Waals surface area contributed by atoms with Crippen molar-refractivity contribution in [2.45, 2.75) is 24.8 Å². The van der Waals surface area contributed by atoms with Gasteiger partial charge in [0.25, 0.3) is 0 Å². The van der Waals surface area contributed by atoms with Crippen molar-refractivity contribution in [1.82, 2.24) is 4.31 Å². The molecule has 1 heterocycles. The molecule has 0 N–H and O–H groups in total. The van der Waals surface area contributed by atoms with Gasteiger partial charge in [0.2, 0.25) is 10.0 Å². The highest BCUT2D eigenvalue weighted by Gasteiger charge is 2.32. The highest BCUT2D eigenvalue weighted by Crippen LogP contribution is 2.30. The maximum atomic E-state index is 12.7. The molecule has 0 spiro atoms. The molecule has 0 aromatic carbocycles. The fourth-order valence-electron chi connectivity index (χ4n) is 1.71.